The van der Waals surface area contributed by atoms with E-state index in [-0.39, 0.29) is 31.2 Å². The van der Waals surface area contributed by atoms with E-state index in [1.165, 1.54) is 4.90 Å². The summed E-state index contributed by atoms with van der Waals surface area (Å²) < 4.78 is 39.7. The molecule has 2 aliphatic carbocycles. The fraction of sp³-hybridized carbons (Fsp3) is 0.595. The smallest absolute Gasteiger partial charge is 0.405 e. The molecule has 2 aliphatic heterocycles. The minimum Gasteiger partial charge on any atom is -0.491 e. The van der Waals surface area contributed by atoms with Crippen molar-refractivity contribution in [3.05, 3.63) is 42.6 Å². The molecule has 282 valence electrons. The number of fused-ring (bicyclic) bond motifs is 3. The summed E-state index contributed by atoms with van der Waals surface area (Å²) in [5.74, 6) is -1.92. The Labute approximate surface area is 304 Å². The van der Waals surface area contributed by atoms with Crippen LogP contribution in [0.4, 0.5) is 4.79 Å². The van der Waals surface area contributed by atoms with Crippen LogP contribution in [0.1, 0.15) is 79.1 Å². The standard InChI is InChI=1S/C37H49N5O9S/c1-5-16-50-29-20-38-32(27-13-9-8-12-26(27)29)51-25-18-28-31(43)40-37(34(45)41-52(48,49)36(4)14-15-36)19-24(37)11-7-6-10-22(2)17-23(3)30(39-35(46)47)33(44)42(28)21-25/h7-9,11-13,20,22-25,28,30,39H,5-6,10,14-19,21H2,1-4H3,(H,40,43)(H,41,45)(H,46,47)/t22-,23+,24+,25+,28-,30-,37+/m0/s1. The molecule has 0 spiro atoms. The summed E-state index contributed by atoms with van der Waals surface area (Å²) in [6.45, 7) is 7.88. The Balaban J connectivity index is 1.33. The van der Waals surface area contributed by atoms with Crippen LogP contribution in [-0.2, 0) is 24.4 Å². The van der Waals surface area contributed by atoms with Crippen molar-refractivity contribution in [3.63, 3.8) is 0 Å². The van der Waals surface area contributed by atoms with Crippen LogP contribution in [0.25, 0.3) is 10.8 Å². The summed E-state index contributed by atoms with van der Waals surface area (Å²) in [5, 5.41) is 16.5. The fourth-order valence-corrected chi connectivity index (χ4v) is 8.76. The molecule has 52 heavy (non-hydrogen) atoms. The van der Waals surface area contributed by atoms with E-state index in [1.54, 1.807) is 13.1 Å². The Morgan fingerprint density at radius 3 is 2.56 bits per heavy atom. The molecule has 14 nitrogen and oxygen atoms in total. The van der Waals surface area contributed by atoms with Crippen molar-refractivity contribution in [2.75, 3.05) is 13.2 Å². The van der Waals surface area contributed by atoms with Crippen molar-refractivity contribution in [2.45, 2.75) is 108 Å². The number of ether oxygens (including phenoxy) is 2. The van der Waals surface area contributed by atoms with Gasteiger partial charge < -0.3 is 30.1 Å². The van der Waals surface area contributed by atoms with Crippen LogP contribution in [0.3, 0.4) is 0 Å². The topological polar surface area (TPSA) is 193 Å². The van der Waals surface area contributed by atoms with E-state index in [9.17, 15) is 32.7 Å². The summed E-state index contributed by atoms with van der Waals surface area (Å²) in [5.41, 5.74) is -1.54. The highest BCUT2D eigenvalue weighted by atomic mass is 32.2. The number of amides is 4. The van der Waals surface area contributed by atoms with Gasteiger partial charge in [-0.2, -0.15) is 0 Å². The molecule has 7 atom stereocenters. The number of carbonyl (C=O) groups excluding carboxylic acids is 3. The van der Waals surface area contributed by atoms with Gasteiger partial charge >= 0.3 is 6.09 Å². The molecule has 2 saturated carbocycles. The lowest BCUT2D eigenvalue weighted by molar-refractivity contribution is -0.142. The minimum atomic E-state index is -4.00. The molecule has 6 rings (SSSR count). The van der Waals surface area contributed by atoms with E-state index >= 15 is 0 Å². The molecule has 4 N–H and O–H groups in total. The van der Waals surface area contributed by atoms with E-state index in [4.69, 9.17) is 9.47 Å². The number of pyridine rings is 1. The van der Waals surface area contributed by atoms with Crippen LogP contribution >= 0.6 is 0 Å². The van der Waals surface area contributed by atoms with Crippen LogP contribution in [0.2, 0.25) is 0 Å². The number of rotatable bonds is 9. The molecule has 4 aliphatic rings. The van der Waals surface area contributed by atoms with Gasteiger partial charge in [-0.15, -0.1) is 0 Å². The third-order valence-corrected chi connectivity index (χ3v) is 13.1. The first-order valence-electron chi connectivity index (χ1n) is 18.2. The van der Waals surface area contributed by atoms with E-state index in [1.807, 2.05) is 57.2 Å². The zero-order chi connectivity index (χ0) is 37.4. The monoisotopic (exact) mass is 739 g/mol. The van der Waals surface area contributed by atoms with E-state index < -0.39 is 74.1 Å². The SMILES string of the molecule is CCCOc1cnc(O[C@@H]2C[C@H]3C(=O)N[C@]4(C(=O)NS(=O)(=O)C5(C)CC5)C[C@H]4C=CCC[C@H](C)C[C@@H](C)[C@H](NC(=O)O)C(=O)N3C2)c2ccccc12. The first-order valence-corrected chi connectivity index (χ1v) is 19.7. The van der Waals surface area contributed by atoms with Crippen molar-refractivity contribution < 1.29 is 42.2 Å². The Bertz CT molecular complexity index is 1860. The van der Waals surface area contributed by atoms with Crippen molar-refractivity contribution in [2.24, 2.45) is 17.8 Å². The van der Waals surface area contributed by atoms with Gasteiger partial charge in [0.1, 0.15) is 29.5 Å². The number of nitrogens with zero attached hydrogens (tertiary/aromatic N) is 2. The highest BCUT2D eigenvalue weighted by Crippen LogP contribution is 2.47. The van der Waals surface area contributed by atoms with Gasteiger partial charge in [-0.05, 0) is 69.8 Å². The maximum Gasteiger partial charge on any atom is 0.405 e. The Morgan fingerprint density at radius 1 is 1.13 bits per heavy atom. The first-order chi connectivity index (χ1) is 24.7. The second kappa shape index (κ2) is 14.6. The molecular weight excluding hydrogens is 691 g/mol. The number of carbonyl (C=O) groups is 4. The minimum absolute atomic E-state index is 0.0147. The molecular formula is C37H49N5O9S. The third-order valence-electron chi connectivity index (χ3n) is 11.0. The largest absolute Gasteiger partial charge is 0.491 e. The molecule has 15 heteroatoms. The summed E-state index contributed by atoms with van der Waals surface area (Å²) >= 11 is 0. The summed E-state index contributed by atoms with van der Waals surface area (Å²) in [6, 6.07) is 5.15. The zero-order valence-electron chi connectivity index (χ0n) is 30.1. The number of allylic oxidation sites excluding steroid dienone is 1. The fourth-order valence-electron chi connectivity index (χ4n) is 7.45. The number of aromatic nitrogens is 1. The molecule has 1 saturated heterocycles. The number of hydrogen-bond acceptors (Lipinski definition) is 9. The molecule has 3 heterocycles. The van der Waals surface area contributed by atoms with Crippen LogP contribution in [-0.4, -0.2) is 88.8 Å². The lowest BCUT2D eigenvalue weighted by atomic mass is 9.88. The van der Waals surface area contributed by atoms with Gasteiger partial charge in [0.15, 0.2) is 0 Å². The second-order valence-electron chi connectivity index (χ2n) is 15.2. The van der Waals surface area contributed by atoms with E-state index in [2.05, 4.69) is 20.3 Å². The van der Waals surface area contributed by atoms with Gasteiger partial charge in [0.2, 0.25) is 27.7 Å². The summed E-state index contributed by atoms with van der Waals surface area (Å²) in [7, 11) is -4.00. The number of carboxylic acid groups (broad SMARTS) is 1. The number of hydrogen-bond donors (Lipinski definition) is 4. The van der Waals surface area contributed by atoms with Gasteiger partial charge in [0.05, 0.1) is 24.1 Å². The summed E-state index contributed by atoms with van der Waals surface area (Å²) in [4.78, 5) is 60.4. The lowest BCUT2D eigenvalue weighted by Crippen LogP contribution is -2.59. The van der Waals surface area contributed by atoms with Crippen LogP contribution in [0.5, 0.6) is 11.6 Å². The highest BCUT2D eigenvalue weighted by molar-refractivity contribution is 7.91. The normalized spacial score (nSPS) is 30.2. The molecule has 1 aromatic carbocycles. The van der Waals surface area contributed by atoms with Crippen LogP contribution in [0, 0.1) is 17.8 Å². The molecule has 0 unspecified atom stereocenters. The second-order valence-corrected chi connectivity index (χ2v) is 17.4. The lowest BCUT2D eigenvalue weighted by Gasteiger charge is -2.32. The zero-order valence-corrected chi connectivity index (χ0v) is 30.9. The van der Waals surface area contributed by atoms with Crippen molar-refractivity contribution >= 4 is 44.6 Å². The number of nitrogens with one attached hydrogen (secondary N) is 3. The average Bonchev–Trinajstić information content (AvgIpc) is 3.98. The van der Waals surface area contributed by atoms with Gasteiger partial charge in [0, 0.05) is 23.1 Å². The molecule has 4 amide bonds. The summed E-state index contributed by atoms with van der Waals surface area (Å²) in [6.07, 6.45) is 7.08. The third kappa shape index (κ3) is 7.55. The maximum atomic E-state index is 14.4. The van der Waals surface area contributed by atoms with Crippen LogP contribution < -0.4 is 24.8 Å². The van der Waals surface area contributed by atoms with Gasteiger partial charge in [-0.3, -0.25) is 19.1 Å². The predicted octanol–water partition coefficient (Wildman–Crippen LogP) is 3.89. The average molecular weight is 740 g/mol. The molecule has 0 radical (unpaired) electrons. The number of sulfonamides is 1. The van der Waals surface area contributed by atoms with Crippen molar-refractivity contribution in [1.82, 2.24) is 25.2 Å². The van der Waals surface area contributed by atoms with Crippen molar-refractivity contribution in [1.29, 1.82) is 0 Å². The quantitative estimate of drug-likeness (QED) is 0.274. The first kappa shape index (κ1) is 37.4. The Morgan fingerprint density at radius 2 is 1.87 bits per heavy atom. The number of benzene rings is 1. The molecule has 2 aromatic rings. The van der Waals surface area contributed by atoms with Gasteiger partial charge in [-0.25, -0.2) is 18.2 Å². The highest BCUT2D eigenvalue weighted by Gasteiger charge is 2.63. The van der Waals surface area contributed by atoms with Gasteiger partial charge in [-0.1, -0.05) is 51.1 Å². The van der Waals surface area contributed by atoms with E-state index in [0.29, 0.717) is 43.4 Å². The van der Waals surface area contributed by atoms with Crippen molar-refractivity contribution in [3.8, 4) is 11.6 Å². The van der Waals surface area contributed by atoms with Crippen LogP contribution in [0.15, 0.2) is 42.6 Å². The molecule has 1 aromatic heterocycles. The van der Waals surface area contributed by atoms with E-state index in [0.717, 1.165) is 18.2 Å². The maximum absolute atomic E-state index is 14.4. The van der Waals surface area contributed by atoms with Gasteiger partial charge in [0.25, 0.3) is 5.91 Å². The molecule has 3 fully saturated rings. The predicted molar refractivity (Wildman–Crippen MR) is 192 cm³/mol. The Hall–Kier alpha value is -4.40. The Kier molecular flexibility index (Phi) is 10.5. The molecule has 0 bridgehead atoms.